The van der Waals surface area contributed by atoms with E-state index in [4.69, 9.17) is 9.47 Å². The monoisotopic (exact) mass is 364 g/mol. The van der Waals surface area contributed by atoms with Gasteiger partial charge in [-0.3, -0.25) is 4.79 Å². The van der Waals surface area contributed by atoms with Crippen molar-refractivity contribution < 1.29 is 19.1 Å². The van der Waals surface area contributed by atoms with Crippen molar-refractivity contribution in [1.82, 2.24) is 0 Å². The van der Waals surface area contributed by atoms with Crippen molar-refractivity contribution >= 4 is 34.6 Å². The molecule has 1 aliphatic heterocycles. The SMILES string of the molecule is Cc1sc(C)c(OC2(c3c(C)sc(C)c3C)CC(=O)OC2=O)c1C. The summed E-state index contributed by atoms with van der Waals surface area (Å²) in [7, 11) is 0. The highest BCUT2D eigenvalue weighted by Crippen LogP contribution is 2.46. The van der Waals surface area contributed by atoms with Gasteiger partial charge in [0.25, 0.3) is 0 Å². The molecule has 1 fully saturated rings. The molecule has 1 saturated heterocycles. The van der Waals surface area contributed by atoms with Crippen molar-refractivity contribution in [2.45, 2.75) is 53.6 Å². The van der Waals surface area contributed by atoms with Gasteiger partial charge in [-0.05, 0) is 47.1 Å². The molecule has 1 unspecified atom stereocenters. The maximum Gasteiger partial charge on any atom is 0.363 e. The van der Waals surface area contributed by atoms with Crippen LogP contribution in [0.2, 0.25) is 0 Å². The highest BCUT2D eigenvalue weighted by Gasteiger charge is 2.55. The quantitative estimate of drug-likeness (QED) is 0.598. The van der Waals surface area contributed by atoms with E-state index < -0.39 is 17.5 Å². The van der Waals surface area contributed by atoms with Gasteiger partial charge in [0.05, 0.1) is 0 Å². The first-order chi connectivity index (χ1) is 11.2. The van der Waals surface area contributed by atoms with Crippen molar-refractivity contribution in [3.63, 3.8) is 0 Å². The van der Waals surface area contributed by atoms with E-state index in [-0.39, 0.29) is 6.42 Å². The highest BCUT2D eigenvalue weighted by atomic mass is 32.1. The lowest BCUT2D eigenvalue weighted by Gasteiger charge is -2.27. The molecule has 4 nitrogen and oxygen atoms in total. The van der Waals surface area contributed by atoms with Gasteiger partial charge in [-0.1, -0.05) is 0 Å². The molecule has 0 saturated carbocycles. The first kappa shape index (κ1) is 17.2. The molecule has 0 spiro atoms. The number of cyclic esters (lactones) is 2. The normalized spacial score (nSPS) is 20.6. The van der Waals surface area contributed by atoms with E-state index in [1.165, 1.54) is 0 Å². The van der Waals surface area contributed by atoms with Crippen LogP contribution in [0.5, 0.6) is 5.75 Å². The third-order valence-electron chi connectivity index (χ3n) is 4.67. The van der Waals surface area contributed by atoms with Gasteiger partial charge in [-0.2, -0.15) is 0 Å². The number of thiophene rings is 2. The third-order valence-corrected chi connectivity index (χ3v) is 6.89. The topological polar surface area (TPSA) is 52.6 Å². The molecule has 24 heavy (non-hydrogen) atoms. The zero-order chi connectivity index (χ0) is 17.8. The lowest BCUT2D eigenvalue weighted by atomic mass is 9.88. The summed E-state index contributed by atoms with van der Waals surface area (Å²) in [5.41, 5.74) is 1.40. The van der Waals surface area contributed by atoms with E-state index >= 15 is 0 Å². The summed E-state index contributed by atoms with van der Waals surface area (Å²) < 4.78 is 11.2. The molecule has 128 valence electrons. The van der Waals surface area contributed by atoms with Crippen LogP contribution in [-0.2, 0) is 19.9 Å². The minimum Gasteiger partial charge on any atom is -0.469 e. The van der Waals surface area contributed by atoms with Crippen molar-refractivity contribution in [3.8, 4) is 5.75 Å². The Morgan fingerprint density at radius 2 is 1.46 bits per heavy atom. The summed E-state index contributed by atoms with van der Waals surface area (Å²) >= 11 is 3.24. The van der Waals surface area contributed by atoms with Crippen molar-refractivity contribution in [2.75, 3.05) is 0 Å². The number of hydrogen-bond acceptors (Lipinski definition) is 6. The maximum atomic E-state index is 12.7. The predicted molar refractivity (Wildman–Crippen MR) is 95.1 cm³/mol. The van der Waals surface area contributed by atoms with Crippen molar-refractivity contribution in [3.05, 3.63) is 36.2 Å². The zero-order valence-corrected chi connectivity index (χ0v) is 16.3. The van der Waals surface area contributed by atoms with E-state index in [9.17, 15) is 9.59 Å². The molecule has 0 N–H and O–H groups in total. The highest BCUT2D eigenvalue weighted by molar-refractivity contribution is 7.12. The van der Waals surface area contributed by atoms with Gasteiger partial charge in [0, 0.05) is 30.6 Å². The number of ether oxygens (including phenoxy) is 2. The zero-order valence-electron chi connectivity index (χ0n) is 14.7. The van der Waals surface area contributed by atoms with Gasteiger partial charge in [0.15, 0.2) is 0 Å². The summed E-state index contributed by atoms with van der Waals surface area (Å²) in [6, 6.07) is 0. The predicted octanol–water partition coefficient (Wildman–Crippen LogP) is 4.41. The fourth-order valence-electron chi connectivity index (χ4n) is 3.30. The maximum absolute atomic E-state index is 12.7. The smallest absolute Gasteiger partial charge is 0.363 e. The summed E-state index contributed by atoms with van der Waals surface area (Å²) in [5, 5.41) is 0. The summed E-state index contributed by atoms with van der Waals surface area (Å²) in [4.78, 5) is 28.9. The number of aryl methyl sites for hydroxylation is 4. The van der Waals surface area contributed by atoms with Gasteiger partial charge in [-0.15, -0.1) is 22.7 Å². The lowest BCUT2D eigenvalue weighted by molar-refractivity contribution is -0.157. The van der Waals surface area contributed by atoms with E-state index in [2.05, 4.69) is 0 Å². The third kappa shape index (κ3) is 2.40. The molecule has 0 radical (unpaired) electrons. The Balaban J connectivity index is 2.21. The Bertz CT molecular complexity index is 859. The average molecular weight is 364 g/mol. The van der Waals surface area contributed by atoms with Crippen LogP contribution < -0.4 is 4.74 Å². The van der Waals surface area contributed by atoms with E-state index in [1.54, 1.807) is 22.7 Å². The van der Waals surface area contributed by atoms with Gasteiger partial charge in [0.2, 0.25) is 5.60 Å². The molecule has 3 rings (SSSR count). The van der Waals surface area contributed by atoms with Crippen LogP contribution >= 0.6 is 22.7 Å². The van der Waals surface area contributed by atoms with Crippen molar-refractivity contribution in [1.29, 1.82) is 0 Å². The summed E-state index contributed by atoms with van der Waals surface area (Å²) in [6.07, 6.45) is -0.0859. The molecule has 2 aromatic rings. The molecule has 0 amide bonds. The molecule has 0 aliphatic carbocycles. The van der Waals surface area contributed by atoms with Crippen molar-refractivity contribution in [2.24, 2.45) is 0 Å². The number of rotatable bonds is 3. The second-order valence-electron chi connectivity index (χ2n) is 6.25. The van der Waals surface area contributed by atoms with Gasteiger partial charge < -0.3 is 9.47 Å². The molecule has 1 atom stereocenters. The van der Waals surface area contributed by atoms with Crippen LogP contribution in [0.15, 0.2) is 0 Å². The Kier molecular flexibility index (Phi) is 4.08. The Hall–Kier alpha value is -1.66. The van der Waals surface area contributed by atoms with Crippen LogP contribution in [0, 0.1) is 41.5 Å². The standard InChI is InChI=1S/C18H20O4S2/c1-8-10(3)23-12(5)15(8)18(7-14(19)21-17(18)20)22-16-9(2)11(4)24-13(16)6/h7H2,1-6H3. The Labute approximate surface area is 149 Å². The molecule has 3 heterocycles. The first-order valence-electron chi connectivity index (χ1n) is 7.75. The second-order valence-corrected chi connectivity index (χ2v) is 9.11. The Morgan fingerprint density at radius 1 is 0.875 bits per heavy atom. The number of carbonyl (C=O) groups excluding carboxylic acids is 2. The lowest BCUT2D eigenvalue weighted by Crippen LogP contribution is -2.39. The van der Waals surface area contributed by atoms with Gasteiger partial charge >= 0.3 is 11.9 Å². The molecule has 0 aromatic carbocycles. The van der Waals surface area contributed by atoms with Gasteiger partial charge in [0.1, 0.15) is 12.2 Å². The van der Waals surface area contributed by atoms with E-state index in [0.29, 0.717) is 5.75 Å². The minimum atomic E-state index is -1.38. The summed E-state index contributed by atoms with van der Waals surface area (Å²) in [6.45, 7) is 11.9. The van der Waals surface area contributed by atoms with E-state index in [1.807, 2.05) is 41.5 Å². The number of carbonyl (C=O) groups is 2. The minimum absolute atomic E-state index is 0.0859. The molecular weight excluding hydrogens is 344 g/mol. The van der Waals surface area contributed by atoms with Crippen LogP contribution in [0.1, 0.15) is 42.6 Å². The molecule has 0 bridgehead atoms. The fraction of sp³-hybridized carbons (Fsp3) is 0.444. The summed E-state index contributed by atoms with van der Waals surface area (Å²) in [5.74, 6) is -0.462. The van der Waals surface area contributed by atoms with Gasteiger partial charge in [-0.25, -0.2) is 4.79 Å². The Morgan fingerprint density at radius 3 is 1.88 bits per heavy atom. The average Bonchev–Trinajstić information content (AvgIpc) is 3.00. The van der Waals surface area contributed by atoms with Crippen LogP contribution in [-0.4, -0.2) is 11.9 Å². The molecule has 1 aliphatic rings. The van der Waals surface area contributed by atoms with Crippen LogP contribution in [0.4, 0.5) is 0 Å². The molecule has 6 heteroatoms. The van der Waals surface area contributed by atoms with Crippen LogP contribution in [0.3, 0.4) is 0 Å². The molecular formula is C18H20O4S2. The number of esters is 2. The largest absolute Gasteiger partial charge is 0.469 e. The first-order valence-corrected chi connectivity index (χ1v) is 9.38. The second kappa shape index (κ2) is 5.70. The van der Waals surface area contributed by atoms with Crippen LogP contribution in [0.25, 0.3) is 0 Å². The molecule has 2 aromatic heterocycles. The fourth-order valence-corrected chi connectivity index (χ4v) is 5.43. The number of hydrogen-bond donors (Lipinski definition) is 0. The van der Waals surface area contributed by atoms with E-state index in [0.717, 1.165) is 36.2 Å².